The minimum absolute atomic E-state index is 0.0961. The maximum atomic E-state index is 12.9. The van der Waals surface area contributed by atoms with Gasteiger partial charge in [0.25, 0.3) is 0 Å². The molecule has 0 spiro atoms. The Labute approximate surface area is 92.0 Å². The van der Waals surface area contributed by atoms with Crippen LogP contribution in [0.2, 0.25) is 0 Å². The summed E-state index contributed by atoms with van der Waals surface area (Å²) in [6.45, 7) is 0.494. The summed E-state index contributed by atoms with van der Waals surface area (Å²) in [6, 6.07) is 5.74. The Balaban J connectivity index is 2.21. The third-order valence-corrected chi connectivity index (χ3v) is 2.64. The molecule has 0 radical (unpaired) electrons. The highest BCUT2D eigenvalue weighted by atomic mass is 19.1. The van der Waals surface area contributed by atoms with Crippen LogP contribution in [0.4, 0.5) is 10.1 Å². The van der Waals surface area contributed by atoms with E-state index in [2.05, 4.69) is 5.32 Å². The van der Waals surface area contributed by atoms with Crippen LogP contribution in [0.3, 0.4) is 0 Å². The highest BCUT2D eigenvalue weighted by Gasteiger charge is 2.42. The molecule has 2 rings (SSSR count). The van der Waals surface area contributed by atoms with Crippen LogP contribution >= 0.6 is 0 Å². The number of anilines is 1. The van der Waals surface area contributed by atoms with Crippen molar-refractivity contribution in [3.05, 3.63) is 30.1 Å². The van der Waals surface area contributed by atoms with Crippen molar-refractivity contribution in [3.63, 3.8) is 0 Å². The van der Waals surface area contributed by atoms with E-state index >= 15 is 0 Å². The van der Waals surface area contributed by atoms with Crippen LogP contribution in [0.25, 0.3) is 0 Å². The number of benzene rings is 1. The Bertz CT molecular complexity index is 402. The summed E-state index contributed by atoms with van der Waals surface area (Å²) in [5.41, 5.74) is -0.679. The van der Waals surface area contributed by atoms with Gasteiger partial charge >= 0.3 is 5.97 Å². The van der Waals surface area contributed by atoms with Crippen molar-refractivity contribution in [3.8, 4) is 0 Å². The predicted molar refractivity (Wildman–Crippen MR) is 55.8 cm³/mol. The molecule has 2 N–H and O–H groups in total. The molecule has 1 atom stereocenters. The van der Waals surface area contributed by atoms with E-state index in [9.17, 15) is 9.18 Å². The number of aliphatic carboxylic acids is 1. The molecule has 1 aromatic carbocycles. The summed E-state index contributed by atoms with van der Waals surface area (Å²) < 4.78 is 18.0. The molecular formula is C11H12FNO3. The summed E-state index contributed by atoms with van der Waals surface area (Å²) >= 11 is 0. The maximum absolute atomic E-state index is 12.9. The molecule has 1 unspecified atom stereocenters. The van der Waals surface area contributed by atoms with Crippen molar-refractivity contribution in [1.29, 1.82) is 0 Å². The molecule has 0 bridgehead atoms. The molecule has 1 aromatic rings. The number of hydrogen-bond acceptors (Lipinski definition) is 3. The Morgan fingerprint density at radius 2 is 2.38 bits per heavy atom. The summed E-state index contributed by atoms with van der Waals surface area (Å²) in [5.74, 6) is -1.38. The molecule has 0 saturated carbocycles. The van der Waals surface area contributed by atoms with Crippen molar-refractivity contribution in [2.24, 2.45) is 0 Å². The van der Waals surface area contributed by atoms with E-state index in [1.54, 1.807) is 6.07 Å². The molecule has 0 aromatic heterocycles. The molecule has 5 heteroatoms. The number of hydrogen-bond donors (Lipinski definition) is 2. The molecule has 1 saturated heterocycles. The van der Waals surface area contributed by atoms with Gasteiger partial charge in [-0.2, -0.15) is 0 Å². The maximum Gasteiger partial charge on any atom is 0.331 e. The summed E-state index contributed by atoms with van der Waals surface area (Å²) in [4.78, 5) is 11.2. The first kappa shape index (κ1) is 10.9. The average molecular weight is 225 g/mol. The summed E-state index contributed by atoms with van der Waals surface area (Å²) in [6.07, 6.45) is 0.374. The Hall–Kier alpha value is -1.62. The topological polar surface area (TPSA) is 58.6 Å². The van der Waals surface area contributed by atoms with Crippen LogP contribution in [0.15, 0.2) is 24.3 Å². The fourth-order valence-corrected chi connectivity index (χ4v) is 1.73. The smallest absolute Gasteiger partial charge is 0.331 e. The third-order valence-electron chi connectivity index (χ3n) is 2.64. The fourth-order valence-electron chi connectivity index (χ4n) is 1.73. The van der Waals surface area contributed by atoms with Gasteiger partial charge in [-0.1, -0.05) is 6.07 Å². The van der Waals surface area contributed by atoms with Gasteiger partial charge in [0.05, 0.1) is 6.61 Å². The molecule has 4 nitrogen and oxygen atoms in total. The Morgan fingerprint density at radius 1 is 1.56 bits per heavy atom. The van der Waals surface area contributed by atoms with E-state index in [0.29, 0.717) is 18.7 Å². The van der Waals surface area contributed by atoms with Crippen LogP contribution < -0.4 is 5.32 Å². The van der Waals surface area contributed by atoms with Gasteiger partial charge in [0, 0.05) is 18.7 Å². The number of ether oxygens (including phenoxy) is 1. The number of carboxylic acids is 1. The number of rotatable bonds is 3. The zero-order valence-corrected chi connectivity index (χ0v) is 8.57. The van der Waals surface area contributed by atoms with Crippen LogP contribution in [-0.4, -0.2) is 29.8 Å². The molecule has 16 heavy (non-hydrogen) atoms. The predicted octanol–water partition coefficient (Wildman–Crippen LogP) is 1.48. The summed E-state index contributed by atoms with van der Waals surface area (Å²) in [5, 5.41) is 12.0. The van der Waals surface area contributed by atoms with Gasteiger partial charge in [-0.3, -0.25) is 0 Å². The second-order valence-electron chi connectivity index (χ2n) is 3.83. The van der Waals surface area contributed by atoms with Gasteiger partial charge in [0.2, 0.25) is 0 Å². The average Bonchev–Trinajstić information content (AvgIpc) is 2.67. The van der Waals surface area contributed by atoms with Crippen molar-refractivity contribution < 1.29 is 19.0 Å². The van der Waals surface area contributed by atoms with Crippen molar-refractivity contribution in [2.45, 2.75) is 12.0 Å². The van der Waals surface area contributed by atoms with Gasteiger partial charge in [-0.15, -0.1) is 0 Å². The quantitative estimate of drug-likeness (QED) is 0.818. The first-order chi connectivity index (χ1) is 7.62. The van der Waals surface area contributed by atoms with E-state index in [4.69, 9.17) is 9.84 Å². The molecule has 1 aliphatic heterocycles. The Kier molecular flexibility index (Phi) is 2.78. The lowest BCUT2D eigenvalue weighted by Crippen LogP contribution is -2.47. The lowest BCUT2D eigenvalue weighted by atomic mass is 9.98. The number of nitrogens with one attached hydrogen (secondary N) is 1. The third kappa shape index (κ3) is 1.99. The van der Waals surface area contributed by atoms with Crippen LogP contribution in [-0.2, 0) is 9.53 Å². The first-order valence-electron chi connectivity index (χ1n) is 4.97. The van der Waals surface area contributed by atoms with Gasteiger partial charge in [0.15, 0.2) is 5.54 Å². The number of carboxylic acid groups (broad SMARTS) is 1. The van der Waals surface area contributed by atoms with E-state index in [1.165, 1.54) is 18.2 Å². The van der Waals surface area contributed by atoms with Gasteiger partial charge in [-0.05, 0) is 18.2 Å². The van der Waals surface area contributed by atoms with E-state index in [1.807, 2.05) is 0 Å². The molecule has 1 heterocycles. The van der Waals surface area contributed by atoms with Gasteiger partial charge in [-0.25, -0.2) is 9.18 Å². The Morgan fingerprint density at radius 3 is 2.94 bits per heavy atom. The van der Waals surface area contributed by atoms with E-state index in [0.717, 1.165) is 0 Å². The highest BCUT2D eigenvalue weighted by molar-refractivity contribution is 5.83. The van der Waals surface area contributed by atoms with Crippen molar-refractivity contribution in [1.82, 2.24) is 0 Å². The lowest BCUT2D eigenvalue weighted by Gasteiger charge is -2.24. The largest absolute Gasteiger partial charge is 0.479 e. The number of halogens is 1. The highest BCUT2D eigenvalue weighted by Crippen LogP contribution is 2.25. The molecular weight excluding hydrogens is 213 g/mol. The zero-order valence-electron chi connectivity index (χ0n) is 8.57. The first-order valence-corrected chi connectivity index (χ1v) is 4.97. The van der Waals surface area contributed by atoms with E-state index in [-0.39, 0.29) is 6.61 Å². The van der Waals surface area contributed by atoms with Crippen LogP contribution in [0.1, 0.15) is 6.42 Å². The van der Waals surface area contributed by atoms with Crippen molar-refractivity contribution in [2.75, 3.05) is 18.5 Å². The lowest BCUT2D eigenvalue weighted by molar-refractivity contribution is -0.142. The minimum Gasteiger partial charge on any atom is -0.479 e. The monoisotopic (exact) mass is 225 g/mol. The summed E-state index contributed by atoms with van der Waals surface area (Å²) in [7, 11) is 0. The van der Waals surface area contributed by atoms with Crippen LogP contribution in [0, 0.1) is 5.82 Å². The van der Waals surface area contributed by atoms with Crippen molar-refractivity contribution >= 4 is 11.7 Å². The zero-order chi connectivity index (χ0) is 11.6. The second kappa shape index (κ2) is 4.09. The second-order valence-corrected chi connectivity index (χ2v) is 3.83. The fraction of sp³-hybridized carbons (Fsp3) is 0.364. The normalized spacial score (nSPS) is 24.3. The minimum atomic E-state index is -1.13. The standard InChI is InChI=1S/C11H12FNO3/c12-8-2-1-3-9(6-8)13-11(10(14)15)4-5-16-7-11/h1-3,6,13H,4-5,7H2,(H,14,15). The van der Waals surface area contributed by atoms with E-state index < -0.39 is 17.3 Å². The van der Waals surface area contributed by atoms with Crippen LogP contribution in [0.5, 0.6) is 0 Å². The SMILES string of the molecule is O=C(O)C1(Nc2cccc(F)c2)CCOC1. The molecule has 86 valence electrons. The van der Waals surface area contributed by atoms with Gasteiger partial charge < -0.3 is 15.2 Å². The number of carbonyl (C=O) groups is 1. The molecule has 0 aliphatic carbocycles. The molecule has 1 fully saturated rings. The molecule has 1 aliphatic rings. The molecule has 0 amide bonds. The van der Waals surface area contributed by atoms with Gasteiger partial charge in [0.1, 0.15) is 5.82 Å².